The standard InChI is InChI=1S/C33H41ClN2O6/c1-35-15-5-4-8-29(41-2)27-13-10-23(27)20-36-16-6-3-7-22-17-26(34)12-9-24(22)21-42-30-14-11-25(18-28(30)36)33(40,32(38)39)19-31(35)37/h4,8-9,11-12,14,17-18,23,27,29,40H,3,5-7,10,13,15-16,19-21H2,1-2H3,(H,38,39)/b8-4+/t23-,27+,29?,33-/m0/s1. The highest BCUT2D eigenvalue weighted by Crippen LogP contribution is 2.42. The number of carbonyl (C=O) groups is 2. The molecule has 9 heteroatoms. The van der Waals surface area contributed by atoms with Crippen LogP contribution in [0.15, 0.2) is 48.6 Å². The van der Waals surface area contributed by atoms with Crippen LogP contribution in [0.4, 0.5) is 5.69 Å². The van der Waals surface area contributed by atoms with E-state index in [9.17, 15) is 19.8 Å². The number of methoxy groups -OCH3 is 1. The summed E-state index contributed by atoms with van der Waals surface area (Å²) >= 11 is 6.32. The van der Waals surface area contributed by atoms with Gasteiger partial charge in [0.05, 0.1) is 18.2 Å². The van der Waals surface area contributed by atoms with Gasteiger partial charge in [0.1, 0.15) is 12.4 Å². The van der Waals surface area contributed by atoms with Gasteiger partial charge in [0, 0.05) is 38.8 Å². The predicted octanol–water partition coefficient (Wildman–Crippen LogP) is 5.18. The van der Waals surface area contributed by atoms with Gasteiger partial charge in [-0.25, -0.2) is 4.79 Å². The number of aliphatic carboxylic acids is 1. The summed E-state index contributed by atoms with van der Waals surface area (Å²) in [6.07, 6.45) is 9.05. The van der Waals surface area contributed by atoms with Crippen LogP contribution in [0.1, 0.15) is 55.2 Å². The largest absolute Gasteiger partial charge is 0.487 e. The Labute approximate surface area is 252 Å². The van der Waals surface area contributed by atoms with Gasteiger partial charge in [-0.05, 0) is 91.3 Å². The van der Waals surface area contributed by atoms with Gasteiger partial charge in [-0.15, -0.1) is 0 Å². The average molecular weight is 597 g/mol. The minimum Gasteiger partial charge on any atom is -0.487 e. The molecule has 1 fully saturated rings. The van der Waals surface area contributed by atoms with E-state index in [0.29, 0.717) is 42.2 Å². The molecule has 2 heterocycles. The normalized spacial score (nSPS) is 27.9. The molecule has 1 amide bonds. The SMILES string of the molecule is COC1/C=C/CCN(C)C(=O)C[C@@](O)(C(=O)O)c2ccc3c(c2)N(CCCCc2cc(Cl)ccc2CO3)C[C@@H]2CC[C@@H]12. The molecule has 0 radical (unpaired) electrons. The summed E-state index contributed by atoms with van der Waals surface area (Å²) in [6, 6.07) is 10.9. The van der Waals surface area contributed by atoms with Gasteiger partial charge in [0.25, 0.3) is 0 Å². The molecule has 2 aromatic rings. The molecule has 0 spiro atoms. The number of aliphatic hydroxyl groups is 1. The summed E-state index contributed by atoms with van der Waals surface area (Å²) in [4.78, 5) is 29.4. The topological polar surface area (TPSA) is 99.5 Å². The number of fused-ring (bicyclic) bond motifs is 3. The van der Waals surface area contributed by atoms with Gasteiger partial charge >= 0.3 is 5.97 Å². The molecule has 3 aliphatic rings. The Morgan fingerprint density at radius 3 is 2.69 bits per heavy atom. The number of hydrogen-bond acceptors (Lipinski definition) is 6. The van der Waals surface area contributed by atoms with Crippen molar-refractivity contribution in [1.82, 2.24) is 4.90 Å². The highest BCUT2D eigenvalue weighted by molar-refractivity contribution is 6.30. The number of amides is 1. The van der Waals surface area contributed by atoms with Crippen LogP contribution in [0, 0.1) is 11.8 Å². The van der Waals surface area contributed by atoms with Gasteiger partial charge in [0.2, 0.25) is 5.91 Å². The summed E-state index contributed by atoms with van der Waals surface area (Å²) in [5.74, 6) is -0.554. The maximum Gasteiger partial charge on any atom is 0.340 e. The number of nitrogens with zero attached hydrogens (tertiary/aromatic N) is 2. The van der Waals surface area contributed by atoms with E-state index in [1.807, 2.05) is 24.3 Å². The molecule has 4 atom stereocenters. The minimum atomic E-state index is -2.38. The van der Waals surface area contributed by atoms with Crippen molar-refractivity contribution < 1.29 is 29.3 Å². The third-order valence-corrected chi connectivity index (χ3v) is 9.46. The maximum absolute atomic E-state index is 13.1. The number of ether oxygens (including phenoxy) is 2. The third kappa shape index (κ3) is 6.46. The number of rotatable bonds is 2. The van der Waals surface area contributed by atoms with E-state index < -0.39 is 23.9 Å². The smallest absolute Gasteiger partial charge is 0.340 e. The Bertz CT molecular complexity index is 1330. The van der Waals surface area contributed by atoms with Gasteiger partial charge in [-0.3, -0.25) is 4.79 Å². The summed E-state index contributed by atoms with van der Waals surface area (Å²) in [5.41, 5.74) is 0.734. The van der Waals surface area contributed by atoms with Crippen molar-refractivity contribution in [1.29, 1.82) is 0 Å². The lowest BCUT2D eigenvalue weighted by atomic mass is 9.70. The summed E-state index contributed by atoms with van der Waals surface area (Å²) < 4.78 is 12.3. The molecule has 1 unspecified atom stereocenters. The fraction of sp³-hybridized carbons (Fsp3) is 0.515. The fourth-order valence-corrected chi connectivity index (χ4v) is 6.60. The molecule has 8 nitrogen and oxygen atoms in total. The van der Waals surface area contributed by atoms with Gasteiger partial charge in [-0.2, -0.15) is 0 Å². The van der Waals surface area contributed by atoms with Crippen molar-refractivity contribution in [2.45, 2.75) is 63.3 Å². The number of carboxylic acid groups (broad SMARTS) is 1. The zero-order valence-electron chi connectivity index (χ0n) is 24.4. The van der Waals surface area contributed by atoms with E-state index in [1.165, 1.54) is 4.90 Å². The fourth-order valence-electron chi connectivity index (χ4n) is 6.41. The van der Waals surface area contributed by atoms with Crippen LogP contribution in [-0.2, 0) is 33.0 Å². The molecule has 1 saturated carbocycles. The van der Waals surface area contributed by atoms with Crippen LogP contribution in [0.3, 0.4) is 0 Å². The molecule has 0 aromatic heterocycles. The molecule has 2 aromatic carbocycles. The Balaban J connectivity index is 1.58. The van der Waals surface area contributed by atoms with Crippen molar-refractivity contribution in [3.05, 3.63) is 70.3 Å². The molecule has 226 valence electrons. The van der Waals surface area contributed by atoms with Crippen molar-refractivity contribution in [2.75, 3.05) is 38.7 Å². The maximum atomic E-state index is 13.1. The first-order valence-corrected chi connectivity index (χ1v) is 15.3. The number of benzene rings is 2. The second kappa shape index (κ2) is 13.1. The quantitative estimate of drug-likeness (QED) is 0.461. The lowest BCUT2D eigenvalue weighted by molar-refractivity contribution is -0.164. The first-order chi connectivity index (χ1) is 20.2. The number of hydrogen-bond donors (Lipinski definition) is 2. The molecule has 1 aliphatic carbocycles. The van der Waals surface area contributed by atoms with Crippen molar-refractivity contribution in [2.24, 2.45) is 11.8 Å². The number of aryl methyl sites for hydroxylation is 1. The van der Waals surface area contributed by atoms with E-state index in [4.69, 9.17) is 21.1 Å². The van der Waals surface area contributed by atoms with E-state index in [2.05, 4.69) is 11.0 Å². The number of halogens is 1. The van der Waals surface area contributed by atoms with Gasteiger partial charge in [0.15, 0.2) is 5.60 Å². The Hall–Kier alpha value is -3.07. The Morgan fingerprint density at radius 2 is 1.95 bits per heavy atom. The highest BCUT2D eigenvalue weighted by atomic mass is 35.5. The second-order valence-electron chi connectivity index (χ2n) is 11.9. The molecule has 2 N–H and O–H groups in total. The van der Waals surface area contributed by atoms with E-state index >= 15 is 0 Å². The molecule has 2 aliphatic heterocycles. The van der Waals surface area contributed by atoms with Crippen LogP contribution < -0.4 is 9.64 Å². The lowest BCUT2D eigenvalue weighted by Gasteiger charge is -2.43. The zero-order chi connectivity index (χ0) is 29.9. The number of carbonyl (C=O) groups excluding carboxylic acids is 1. The molecular weight excluding hydrogens is 556 g/mol. The third-order valence-electron chi connectivity index (χ3n) is 9.22. The zero-order valence-corrected chi connectivity index (χ0v) is 25.2. The molecule has 42 heavy (non-hydrogen) atoms. The minimum absolute atomic E-state index is 0.0139. The van der Waals surface area contributed by atoms with E-state index in [0.717, 1.165) is 62.0 Å². The van der Waals surface area contributed by atoms with Crippen LogP contribution >= 0.6 is 11.6 Å². The first-order valence-electron chi connectivity index (χ1n) is 14.9. The molecule has 5 rings (SSSR count). The number of carboxylic acids is 1. The van der Waals surface area contributed by atoms with Crippen molar-refractivity contribution in [3.8, 4) is 5.75 Å². The summed E-state index contributed by atoms with van der Waals surface area (Å²) in [7, 11) is 3.38. The van der Waals surface area contributed by atoms with Crippen LogP contribution in [-0.4, -0.2) is 66.9 Å². The number of anilines is 1. The lowest BCUT2D eigenvalue weighted by Crippen LogP contribution is -2.44. The molecular formula is C33H41ClN2O6. The van der Waals surface area contributed by atoms with Crippen LogP contribution in [0.25, 0.3) is 0 Å². The van der Waals surface area contributed by atoms with Crippen molar-refractivity contribution in [3.63, 3.8) is 0 Å². The molecule has 2 bridgehead atoms. The predicted molar refractivity (Wildman–Crippen MR) is 162 cm³/mol. The van der Waals surface area contributed by atoms with Crippen LogP contribution in [0.2, 0.25) is 5.02 Å². The Morgan fingerprint density at radius 1 is 1.12 bits per heavy atom. The van der Waals surface area contributed by atoms with Crippen LogP contribution in [0.5, 0.6) is 5.75 Å². The first kappa shape index (κ1) is 30.4. The molecule has 0 saturated heterocycles. The van der Waals surface area contributed by atoms with Gasteiger partial charge < -0.3 is 29.5 Å². The van der Waals surface area contributed by atoms with E-state index in [-0.39, 0.29) is 11.7 Å². The summed E-state index contributed by atoms with van der Waals surface area (Å²) in [6.45, 7) is 2.24. The average Bonchev–Trinajstić information content (AvgIpc) is 2.99. The Kier molecular flexibility index (Phi) is 9.45. The summed E-state index contributed by atoms with van der Waals surface area (Å²) in [5, 5.41) is 22.4. The highest BCUT2D eigenvalue weighted by Gasteiger charge is 2.42. The monoisotopic (exact) mass is 596 g/mol. The van der Waals surface area contributed by atoms with Crippen molar-refractivity contribution >= 4 is 29.2 Å². The van der Waals surface area contributed by atoms with E-state index in [1.54, 1.807) is 32.4 Å². The van der Waals surface area contributed by atoms with Gasteiger partial charge in [-0.1, -0.05) is 35.9 Å². The second-order valence-corrected chi connectivity index (χ2v) is 12.3.